The van der Waals surface area contributed by atoms with Gasteiger partial charge in [-0.2, -0.15) is 13.2 Å². The number of carbonyl (C=O) groups excluding carboxylic acids is 2. The van der Waals surface area contributed by atoms with Gasteiger partial charge in [-0.15, -0.1) is 0 Å². The van der Waals surface area contributed by atoms with E-state index in [1.54, 1.807) is 36.4 Å². The number of sulfonamides is 1. The van der Waals surface area contributed by atoms with Crippen LogP contribution < -0.4 is 9.62 Å². The van der Waals surface area contributed by atoms with Crippen LogP contribution in [0.1, 0.15) is 36.5 Å². The van der Waals surface area contributed by atoms with E-state index in [1.807, 2.05) is 25.1 Å². The lowest BCUT2D eigenvalue weighted by Gasteiger charge is -2.33. The lowest BCUT2D eigenvalue weighted by molar-refractivity contribution is -0.140. The van der Waals surface area contributed by atoms with Crippen LogP contribution in [-0.4, -0.2) is 50.5 Å². The molecule has 0 radical (unpaired) electrons. The monoisotopic (exact) mass is 701 g/mol. The molecule has 3 aromatic carbocycles. The second kappa shape index (κ2) is 15.1. The molecule has 13 heteroatoms. The van der Waals surface area contributed by atoms with Crippen LogP contribution in [-0.2, 0) is 38.8 Å². The third-order valence-electron chi connectivity index (χ3n) is 6.59. The molecule has 2 amide bonds. The summed E-state index contributed by atoms with van der Waals surface area (Å²) in [6, 6.07) is 17.6. The topological polar surface area (TPSA) is 86.8 Å². The van der Waals surface area contributed by atoms with E-state index in [1.165, 1.54) is 4.90 Å². The smallest absolute Gasteiger partial charge is 0.354 e. The molecule has 0 fully saturated rings. The quantitative estimate of drug-likeness (QED) is 0.208. The molecule has 0 aliphatic heterocycles. The van der Waals surface area contributed by atoms with Crippen molar-refractivity contribution in [2.24, 2.45) is 0 Å². The Bertz CT molecular complexity index is 1510. The summed E-state index contributed by atoms with van der Waals surface area (Å²) in [5.74, 6) is -1.21. The van der Waals surface area contributed by atoms with Gasteiger partial charge in [0.1, 0.15) is 12.6 Å². The Morgan fingerprint density at radius 3 is 2.23 bits per heavy atom. The number of alkyl halides is 3. The van der Waals surface area contributed by atoms with Crippen LogP contribution in [0.5, 0.6) is 0 Å². The summed E-state index contributed by atoms with van der Waals surface area (Å²) in [5.41, 5.74) is -0.202. The summed E-state index contributed by atoms with van der Waals surface area (Å²) in [6.07, 6.45) is -2.40. The van der Waals surface area contributed by atoms with Crippen molar-refractivity contribution in [3.63, 3.8) is 0 Å². The van der Waals surface area contributed by atoms with Gasteiger partial charge in [0.15, 0.2) is 0 Å². The van der Waals surface area contributed by atoms with Crippen LogP contribution >= 0.6 is 27.5 Å². The maximum Gasteiger partial charge on any atom is 0.417 e. The van der Waals surface area contributed by atoms with Crippen molar-refractivity contribution in [2.45, 2.75) is 44.9 Å². The summed E-state index contributed by atoms with van der Waals surface area (Å²) >= 11 is 9.12. The molecule has 1 atom stereocenters. The van der Waals surface area contributed by atoms with Crippen molar-refractivity contribution in [2.75, 3.05) is 23.7 Å². The Morgan fingerprint density at radius 2 is 1.65 bits per heavy atom. The van der Waals surface area contributed by atoms with Crippen LogP contribution in [0.2, 0.25) is 5.02 Å². The Labute approximate surface area is 263 Å². The number of rotatable bonds is 13. The average molecular weight is 703 g/mol. The van der Waals surface area contributed by atoms with Gasteiger partial charge >= 0.3 is 6.18 Å². The zero-order valence-corrected chi connectivity index (χ0v) is 26.7. The molecule has 0 heterocycles. The third-order valence-corrected chi connectivity index (χ3v) is 8.59. The number of halogens is 5. The molecule has 0 aliphatic carbocycles. The molecule has 43 heavy (non-hydrogen) atoms. The van der Waals surface area contributed by atoms with Crippen molar-refractivity contribution in [1.82, 2.24) is 10.2 Å². The van der Waals surface area contributed by atoms with Gasteiger partial charge in [-0.05, 0) is 47.9 Å². The van der Waals surface area contributed by atoms with Gasteiger partial charge in [0, 0.05) is 24.0 Å². The largest absolute Gasteiger partial charge is 0.417 e. The minimum atomic E-state index is -4.86. The Kier molecular flexibility index (Phi) is 12.1. The molecule has 0 saturated carbocycles. The number of carbonyl (C=O) groups is 2. The molecule has 3 rings (SSSR count). The Balaban J connectivity index is 2.07. The Hall–Kier alpha value is -3.09. The molecule has 0 unspecified atom stereocenters. The second-order valence-corrected chi connectivity index (χ2v) is 13.2. The molecule has 0 bridgehead atoms. The van der Waals surface area contributed by atoms with Gasteiger partial charge < -0.3 is 10.2 Å². The van der Waals surface area contributed by atoms with Crippen LogP contribution in [0.25, 0.3) is 0 Å². The summed E-state index contributed by atoms with van der Waals surface area (Å²) in [5, 5.41) is 2.26. The van der Waals surface area contributed by atoms with E-state index in [0.29, 0.717) is 28.9 Å². The number of benzene rings is 3. The van der Waals surface area contributed by atoms with Crippen LogP contribution in [0, 0.1) is 0 Å². The predicted molar refractivity (Wildman–Crippen MR) is 165 cm³/mol. The highest BCUT2D eigenvalue weighted by molar-refractivity contribution is 9.10. The molecule has 232 valence electrons. The van der Waals surface area contributed by atoms with E-state index in [2.05, 4.69) is 21.2 Å². The first-order valence-electron chi connectivity index (χ1n) is 13.4. The van der Waals surface area contributed by atoms with E-state index in [0.717, 1.165) is 34.8 Å². The van der Waals surface area contributed by atoms with E-state index in [9.17, 15) is 31.2 Å². The van der Waals surface area contributed by atoms with E-state index in [-0.39, 0.29) is 18.7 Å². The molecule has 0 aliphatic rings. The van der Waals surface area contributed by atoms with Crippen molar-refractivity contribution < 1.29 is 31.2 Å². The van der Waals surface area contributed by atoms with Gasteiger partial charge in [0.05, 0.1) is 22.5 Å². The number of anilines is 1. The van der Waals surface area contributed by atoms with E-state index >= 15 is 0 Å². The molecule has 0 aromatic heterocycles. The SMILES string of the molecule is CCCCNC(=O)[C@H](Cc1ccccc1)N(Cc1ccc(Br)cc1)C(=O)CN(c1ccc(Cl)c(C(F)(F)F)c1)S(C)(=O)=O. The summed E-state index contributed by atoms with van der Waals surface area (Å²) in [7, 11) is -4.25. The fraction of sp³-hybridized carbons (Fsp3) is 0.333. The number of nitrogens with one attached hydrogen (secondary N) is 1. The molecular weight excluding hydrogens is 671 g/mol. The number of amides is 2. The van der Waals surface area contributed by atoms with Gasteiger partial charge in [0.2, 0.25) is 21.8 Å². The number of unbranched alkanes of at least 4 members (excludes halogenated alkanes) is 1. The molecule has 7 nitrogen and oxygen atoms in total. The summed E-state index contributed by atoms with van der Waals surface area (Å²) in [6.45, 7) is 1.44. The first kappa shape index (κ1) is 34.4. The van der Waals surface area contributed by atoms with E-state index < -0.39 is 51.2 Å². The lowest BCUT2D eigenvalue weighted by atomic mass is 10.0. The standard InChI is InChI=1S/C30H32BrClF3N3O4S/c1-3-4-16-36-29(40)27(17-21-8-6-5-7-9-21)37(19-22-10-12-23(31)13-11-22)28(39)20-38(43(2,41)42)24-14-15-26(32)25(18-24)30(33,34)35/h5-15,18,27H,3-4,16-17,19-20H2,1-2H3,(H,36,40)/t27-/m0/s1. The van der Waals surface area contributed by atoms with Crippen LogP contribution in [0.3, 0.4) is 0 Å². The molecular formula is C30H32BrClF3N3O4S. The lowest BCUT2D eigenvalue weighted by Crippen LogP contribution is -2.53. The van der Waals surface area contributed by atoms with Crippen LogP contribution in [0.15, 0.2) is 77.3 Å². The number of hydrogen-bond donors (Lipinski definition) is 1. The molecule has 0 spiro atoms. The van der Waals surface area contributed by atoms with Gasteiger partial charge in [-0.25, -0.2) is 8.42 Å². The minimum absolute atomic E-state index is 0.0587. The summed E-state index contributed by atoms with van der Waals surface area (Å²) in [4.78, 5) is 28.9. The van der Waals surface area contributed by atoms with E-state index in [4.69, 9.17) is 11.6 Å². The fourth-order valence-electron chi connectivity index (χ4n) is 4.35. The van der Waals surface area contributed by atoms with Crippen molar-refractivity contribution in [1.29, 1.82) is 0 Å². The maximum atomic E-state index is 14.0. The van der Waals surface area contributed by atoms with Crippen molar-refractivity contribution in [3.8, 4) is 0 Å². The normalized spacial score (nSPS) is 12.4. The third kappa shape index (κ3) is 9.97. The maximum absolute atomic E-state index is 14.0. The number of nitrogens with zero attached hydrogens (tertiary/aromatic N) is 2. The highest BCUT2D eigenvalue weighted by Crippen LogP contribution is 2.37. The first-order chi connectivity index (χ1) is 20.2. The summed E-state index contributed by atoms with van der Waals surface area (Å²) < 4.78 is 67.9. The second-order valence-electron chi connectivity index (χ2n) is 9.93. The zero-order chi connectivity index (χ0) is 31.8. The minimum Gasteiger partial charge on any atom is -0.354 e. The first-order valence-corrected chi connectivity index (χ1v) is 16.4. The fourth-order valence-corrected chi connectivity index (χ4v) is 5.68. The highest BCUT2D eigenvalue weighted by Gasteiger charge is 2.36. The predicted octanol–water partition coefficient (Wildman–Crippen LogP) is 6.44. The number of hydrogen-bond acceptors (Lipinski definition) is 4. The molecule has 1 N–H and O–H groups in total. The van der Waals surface area contributed by atoms with Gasteiger partial charge in [0.25, 0.3) is 0 Å². The Morgan fingerprint density at radius 1 is 1.00 bits per heavy atom. The van der Waals surface area contributed by atoms with Crippen molar-refractivity contribution >= 4 is 55.1 Å². The van der Waals surface area contributed by atoms with Crippen molar-refractivity contribution in [3.05, 3.63) is 99.0 Å². The molecule has 3 aromatic rings. The molecule has 0 saturated heterocycles. The van der Waals surface area contributed by atoms with Crippen LogP contribution in [0.4, 0.5) is 18.9 Å². The highest BCUT2D eigenvalue weighted by atomic mass is 79.9. The average Bonchev–Trinajstić information content (AvgIpc) is 2.94. The van der Waals surface area contributed by atoms with Gasteiger partial charge in [-0.3, -0.25) is 13.9 Å². The zero-order valence-electron chi connectivity index (χ0n) is 23.6. The van der Waals surface area contributed by atoms with Gasteiger partial charge in [-0.1, -0.05) is 83.3 Å².